The molecule has 9 rings (SSSR count). The van der Waals surface area contributed by atoms with E-state index in [0.717, 1.165) is 34.0 Å². The molecule has 2 nitrogen and oxygen atoms in total. The summed E-state index contributed by atoms with van der Waals surface area (Å²) in [6, 6.07) is 45.1. The van der Waals surface area contributed by atoms with Crippen molar-refractivity contribution < 1.29 is 4.74 Å². The molecule has 1 N–H and O–H groups in total. The standard InChI is InChI=1S/C37H22ClNOS/c38-29-20-24-22-10-2-8-19-34(22)41-35(24)21-31(29)39-30-16-9-15-28-36(30)23-11-1-3-12-25(23)37(28)26-13-4-6-17-32(26)40-33-18-7-5-14-27(33)37/h1-21,39H. The highest BCUT2D eigenvalue weighted by Gasteiger charge is 2.51. The van der Waals surface area contributed by atoms with Gasteiger partial charge >= 0.3 is 0 Å². The molecule has 0 unspecified atom stereocenters. The van der Waals surface area contributed by atoms with Crippen LogP contribution in [-0.4, -0.2) is 0 Å². The quantitative estimate of drug-likeness (QED) is 0.226. The number of rotatable bonds is 2. The second-order valence-electron chi connectivity index (χ2n) is 10.7. The normalized spacial score (nSPS) is 13.9. The fourth-order valence-corrected chi connectivity index (χ4v) is 8.33. The molecule has 1 aromatic heterocycles. The molecule has 0 saturated carbocycles. The third kappa shape index (κ3) is 3.08. The minimum atomic E-state index is -0.492. The number of nitrogens with one attached hydrogen (secondary N) is 1. The van der Waals surface area contributed by atoms with Gasteiger partial charge < -0.3 is 10.1 Å². The Morgan fingerprint density at radius 1 is 0.561 bits per heavy atom. The van der Waals surface area contributed by atoms with Crippen LogP contribution in [0.2, 0.25) is 5.02 Å². The third-order valence-electron chi connectivity index (χ3n) is 8.61. The molecule has 0 atom stereocenters. The lowest BCUT2D eigenvalue weighted by atomic mass is 9.66. The van der Waals surface area contributed by atoms with Gasteiger partial charge in [0.25, 0.3) is 0 Å². The van der Waals surface area contributed by atoms with E-state index in [-0.39, 0.29) is 0 Å². The van der Waals surface area contributed by atoms with Gasteiger partial charge in [-0.1, -0.05) is 103 Å². The molecule has 194 valence electrons. The highest BCUT2D eigenvalue weighted by molar-refractivity contribution is 7.25. The van der Waals surface area contributed by atoms with Crippen LogP contribution in [0, 0.1) is 0 Å². The molecule has 1 aliphatic carbocycles. The van der Waals surface area contributed by atoms with Gasteiger partial charge in [-0.3, -0.25) is 0 Å². The van der Waals surface area contributed by atoms with Crippen molar-refractivity contribution in [3.05, 3.63) is 155 Å². The molecule has 41 heavy (non-hydrogen) atoms. The molecular formula is C37H22ClNOS. The van der Waals surface area contributed by atoms with Crippen LogP contribution >= 0.6 is 22.9 Å². The summed E-state index contributed by atoms with van der Waals surface area (Å²) in [6.07, 6.45) is 0. The first-order chi connectivity index (χ1) is 20.2. The fraction of sp³-hybridized carbons (Fsp3) is 0.0270. The zero-order valence-corrected chi connectivity index (χ0v) is 23.4. The lowest BCUT2D eigenvalue weighted by Gasteiger charge is -2.39. The van der Waals surface area contributed by atoms with Gasteiger partial charge in [-0.25, -0.2) is 0 Å². The number of benzene rings is 6. The van der Waals surface area contributed by atoms with E-state index < -0.39 is 5.41 Å². The summed E-state index contributed by atoms with van der Waals surface area (Å²) < 4.78 is 8.95. The largest absolute Gasteiger partial charge is 0.457 e. The third-order valence-corrected chi connectivity index (χ3v) is 10.1. The lowest BCUT2D eigenvalue weighted by Crippen LogP contribution is -2.32. The summed E-state index contributed by atoms with van der Waals surface area (Å²) in [5, 5.41) is 6.91. The van der Waals surface area contributed by atoms with E-state index in [1.165, 1.54) is 42.4 Å². The maximum Gasteiger partial charge on any atom is 0.132 e. The maximum atomic E-state index is 6.96. The van der Waals surface area contributed by atoms with Gasteiger partial charge in [0.2, 0.25) is 0 Å². The number of fused-ring (bicyclic) bond motifs is 12. The molecule has 2 heterocycles. The van der Waals surface area contributed by atoms with Crippen molar-refractivity contribution in [2.75, 3.05) is 5.32 Å². The van der Waals surface area contributed by atoms with Crippen molar-refractivity contribution in [3.63, 3.8) is 0 Å². The number of thiophene rings is 1. The van der Waals surface area contributed by atoms with Crippen LogP contribution in [0.4, 0.5) is 11.4 Å². The summed E-state index contributed by atoms with van der Waals surface area (Å²) in [5.74, 6) is 1.79. The lowest BCUT2D eigenvalue weighted by molar-refractivity contribution is 0.436. The Hall–Kier alpha value is -4.57. The van der Waals surface area contributed by atoms with Gasteiger partial charge in [-0.2, -0.15) is 0 Å². The predicted molar refractivity (Wildman–Crippen MR) is 171 cm³/mol. The Bertz CT molecular complexity index is 2150. The summed E-state index contributed by atoms with van der Waals surface area (Å²) in [4.78, 5) is 0. The zero-order valence-electron chi connectivity index (χ0n) is 21.8. The van der Waals surface area contributed by atoms with Crippen molar-refractivity contribution in [2.45, 2.75) is 5.41 Å². The zero-order chi connectivity index (χ0) is 27.1. The van der Waals surface area contributed by atoms with Crippen LogP contribution in [0.1, 0.15) is 22.3 Å². The fourth-order valence-electron chi connectivity index (χ4n) is 6.99. The molecule has 0 amide bonds. The number of halogens is 1. The van der Waals surface area contributed by atoms with Crippen LogP contribution in [0.3, 0.4) is 0 Å². The average molecular weight is 564 g/mol. The predicted octanol–water partition coefficient (Wildman–Crippen LogP) is 10.9. The van der Waals surface area contributed by atoms with Crippen LogP contribution in [-0.2, 0) is 5.41 Å². The van der Waals surface area contributed by atoms with Crippen LogP contribution in [0.5, 0.6) is 11.5 Å². The maximum absolute atomic E-state index is 6.96. The Morgan fingerprint density at radius 3 is 2.02 bits per heavy atom. The first kappa shape index (κ1) is 23.2. The molecule has 4 heteroatoms. The summed E-state index contributed by atoms with van der Waals surface area (Å²) in [6.45, 7) is 0. The number of hydrogen-bond acceptors (Lipinski definition) is 3. The van der Waals surface area contributed by atoms with E-state index >= 15 is 0 Å². The first-order valence-corrected chi connectivity index (χ1v) is 14.9. The Kier molecular flexibility index (Phi) is 4.78. The second-order valence-corrected chi connectivity index (χ2v) is 12.2. The van der Waals surface area contributed by atoms with E-state index in [9.17, 15) is 0 Å². The summed E-state index contributed by atoms with van der Waals surface area (Å²) >= 11 is 8.76. The summed E-state index contributed by atoms with van der Waals surface area (Å²) in [5.41, 5.74) is 8.69. The molecular weight excluding hydrogens is 542 g/mol. The van der Waals surface area contributed by atoms with E-state index in [0.29, 0.717) is 5.02 Å². The van der Waals surface area contributed by atoms with Crippen molar-refractivity contribution in [1.82, 2.24) is 0 Å². The number of ether oxygens (including phenoxy) is 1. The van der Waals surface area contributed by atoms with Crippen LogP contribution in [0.25, 0.3) is 31.3 Å². The summed E-state index contributed by atoms with van der Waals surface area (Å²) in [7, 11) is 0. The first-order valence-electron chi connectivity index (χ1n) is 13.7. The molecule has 0 saturated heterocycles. The van der Waals surface area contributed by atoms with Gasteiger partial charge in [0.05, 0.1) is 16.1 Å². The van der Waals surface area contributed by atoms with Gasteiger partial charge in [0, 0.05) is 42.6 Å². The van der Waals surface area contributed by atoms with Gasteiger partial charge in [0.15, 0.2) is 0 Å². The van der Waals surface area contributed by atoms with Crippen molar-refractivity contribution in [1.29, 1.82) is 0 Å². The Morgan fingerprint density at radius 2 is 1.22 bits per heavy atom. The molecule has 1 spiro atoms. The Labute approximate surface area is 246 Å². The highest BCUT2D eigenvalue weighted by Crippen LogP contribution is 2.63. The molecule has 1 aliphatic heterocycles. The van der Waals surface area contributed by atoms with Gasteiger partial charge in [-0.05, 0) is 53.1 Å². The number of anilines is 2. The van der Waals surface area contributed by atoms with E-state index in [4.69, 9.17) is 16.3 Å². The average Bonchev–Trinajstić information content (AvgIpc) is 3.52. The smallest absolute Gasteiger partial charge is 0.132 e. The van der Waals surface area contributed by atoms with Crippen molar-refractivity contribution >= 4 is 54.5 Å². The van der Waals surface area contributed by atoms with Crippen LogP contribution < -0.4 is 10.1 Å². The minimum Gasteiger partial charge on any atom is -0.457 e. The highest BCUT2D eigenvalue weighted by atomic mass is 35.5. The van der Waals surface area contributed by atoms with E-state index in [2.05, 4.69) is 121 Å². The van der Waals surface area contributed by atoms with Gasteiger partial charge in [0.1, 0.15) is 11.5 Å². The monoisotopic (exact) mass is 563 g/mol. The minimum absolute atomic E-state index is 0.492. The Balaban J connectivity index is 1.30. The topological polar surface area (TPSA) is 21.3 Å². The molecule has 0 fully saturated rings. The van der Waals surface area contributed by atoms with E-state index in [1.54, 1.807) is 11.3 Å². The molecule has 0 radical (unpaired) electrons. The van der Waals surface area contributed by atoms with Crippen LogP contribution in [0.15, 0.2) is 127 Å². The van der Waals surface area contributed by atoms with E-state index in [1.807, 2.05) is 12.1 Å². The van der Waals surface area contributed by atoms with Gasteiger partial charge in [-0.15, -0.1) is 11.3 Å². The second kappa shape index (κ2) is 8.47. The van der Waals surface area contributed by atoms with Crippen molar-refractivity contribution in [2.24, 2.45) is 0 Å². The number of hydrogen-bond donors (Lipinski definition) is 1. The molecule has 0 bridgehead atoms. The SMILES string of the molecule is Clc1cc2c(cc1Nc1cccc3c1-c1ccccc1C31c3ccccc3Oc3ccccc31)sc1ccccc12. The number of para-hydroxylation sites is 2. The molecule has 6 aromatic carbocycles. The molecule has 7 aromatic rings. The van der Waals surface area contributed by atoms with Crippen molar-refractivity contribution in [3.8, 4) is 22.6 Å². The molecule has 2 aliphatic rings.